The van der Waals surface area contributed by atoms with E-state index in [4.69, 9.17) is 9.26 Å². The van der Waals surface area contributed by atoms with Gasteiger partial charge in [0.1, 0.15) is 5.76 Å². The Bertz CT molecular complexity index is 817. The van der Waals surface area contributed by atoms with Gasteiger partial charge < -0.3 is 14.2 Å². The number of benzene rings is 1. The van der Waals surface area contributed by atoms with Crippen molar-refractivity contribution in [3.63, 3.8) is 0 Å². The van der Waals surface area contributed by atoms with Crippen molar-refractivity contribution in [2.75, 3.05) is 13.7 Å². The number of amides is 1. The van der Waals surface area contributed by atoms with Gasteiger partial charge in [0.2, 0.25) is 0 Å². The minimum absolute atomic E-state index is 0.0462. The molecule has 0 unspecified atom stereocenters. The fraction of sp³-hybridized carbons (Fsp3) is 0.412. The normalized spacial score (nSPS) is 20.5. The van der Waals surface area contributed by atoms with Gasteiger partial charge in [0, 0.05) is 24.6 Å². The molecule has 3 rings (SSSR count). The second-order valence-electron chi connectivity index (χ2n) is 6.11. The monoisotopic (exact) mass is 352 g/mol. The lowest BCUT2D eigenvalue weighted by Gasteiger charge is -2.38. The highest BCUT2D eigenvalue weighted by Crippen LogP contribution is 2.33. The first-order chi connectivity index (χ1) is 12.0. The van der Waals surface area contributed by atoms with Crippen LogP contribution in [0.2, 0.25) is 0 Å². The molecule has 25 heavy (non-hydrogen) atoms. The molecule has 0 aliphatic carbocycles. The number of carbonyl (C=O) groups excluding carboxylic acids is 1. The Balaban J connectivity index is 1.82. The van der Waals surface area contributed by atoms with Crippen LogP contribution in [0.1, 0.15) is 30.1 Å². The number of halogens is 2. The minimum atomic E-state index is -0.925. The molecule has 1 aliphatic heterocycles. The minimum Gasteiger partial charge on any atom is -0.453 e. The maximum Gasteiger partial charge on any atom is 0.409 e. The first kappa shape index (κ1) is 17.2. The lowest BCUT2D eigenvalue weighted by Crippen LogP contribution is -2.46. The fourth-order valence-corrected chi connectivity index (χ4v) is 3.30. The molecule has 2 atom stereocenters. The number of nitrogens with one attached hydrogen (secondary N) is 1. The summed E-state index contributed by atoms with van der Waals surface area (Å²) < 4.78 is 36.6. The smallest absolute Gasteiger partial charge is 0.409 e. The Labute approximate surface area is 142 Å². The van der Waals surface area contributed by atoms with Gasteiger partial charge in [-0.25, -0.2) is 13.6 Å². The number of rotatable bonds is 3. The number of piperidine rings is 1. The number of H-pyrrole nitrogens is 1. The van der Waals surface area contributed by atoms with Crippen molar-refractivity contribution < 1.29 is 22.8 Å². The Morgan fingerprint density at radius 1 is 1.36 bits per heavy atom. The molecule has 6 nitrogen and oxygen atoms in total. The summed E-state index contributed by atoms with van der Waals surface area (Å²) in [6, 6.07) is 4.81. The first-order valence-corrected chi connectivity index (χ1v) is 7.95. The Morgan fingerprint density at radius 2 is 2.16 bits per heavy atom. The maximum atomic E-state index is 13.5. The maximum absolute atomic E-state index is 13.5. The van der Waals surface area contributed by atoms with E-state index in [2.05, 4.69) is 5.16 Å². The lowest BCUT2D eigenvalue weighted by molar-refractivity contribution is 0.0816. The average molecular weight is 352 g/mol. The van der Waals surface area contributed by atoms with Crippen LogP contribution in [0, 0.1) is 11.6 Å². The highest BCUT2D eigenvalue weighted by Gasteiger charge is 2.34. The Morgan fingerprint density at radius 3 is 2.80 bits per heavy atom. The molecule has 2 aromatic rings. The molecule has 0 spiro atoms. The summed E-state index contributed by atoms with van der Waals surface area (Å²) in [5.74, 6) is -1.35. The topological polar surface area (TPSA) is 75.5 Å². The van der Waals surface area contributed by atoms with Crippen molar-refractivity contribution in [3.8, 4) is 0 Å². The molecule has 0 saturated carbocycles. The summed E-state index contributed by atoms with van der Waals surface area (Å²) >= 11 is 0. The molecule has 1 fully saturated rings. The van der Waals surface area contributed by atoms with Crippen molar-refractivity contribution in [3.05, 3.63) is 57.6 Å². The fourth-order valence-electron chi connectivity index (χ4n) is 3.30. The van der Waals surface area contributed by atoms with Crippen molar-refractivity contribution in [2.24, 2.45) is 0 Å². The van der Waals surface area contributed by atoms with Crippen molar-refractivity contribution in [1.82, 2.24) is 10.1 Å². The second-order valence-corrected chi connectivity index (χ2v) is 6.11. The first-order valence-electron chi connectivity index (χ1n) is 7.95. The number of nitrogens with zero attached hydrogens (tertiary/aromatic N) is 1. The van der Waals surface area contributed by atoms with Crippen molar-refractivity contribution in [2.45, 2.75) is 31.2 Å². The van der Waals surface area contributed by atoms with Gasteiger partial charge in [0.05, 0.1) is 7.11 Å². The number of likely N-dealkylation sites (tertiary alicyclic amines) is 1. The number of ether oxygens (including phenoxy) is 1. The molecule has 134 valence electrons. The van der Waals surface area contributed by atoms with E-state index in [1.54, 1.807) is 4.90 Å². The molecule has 0 bridgehead atoms. The van der Waals surface area contributed by atoms with E-state index in [1.807, 2.05) is 0 Å². The van der Waals surface area contributed by atoms with Gasteiger partial charge in [-0.1, -0.05) is 6.07 Å². The molecule has 1 amide bonds. The third-order valence-corrected chi connectivity index (χ3v) is 4.53. The molecule has 1 saturated heterocycles. The van der Waals surface area contributed by atoms with E-state index < -0.39 is 17.7 Å². The van der Waals surface area contributed by atoms with Crippen LogP contribution < -0.4 is 5.56 Å². The molecule has 1 aromatic heterocycles. The number of carbonyl (C=O) groups is 1. The molecule has 1 aliphatic rings. The predicted molar refractivity (Wildman–Crippen MR) is 84.3 cm³/mol. The van der Waals surface area contributed by atoms with Gasteiger partial charge in [-0.3, -0.25) is 4.79 Å². The number of hydrogen-bond acceptors (Lipinski definition) is 4. The van der Waals surface area contributed by atoms with Crippen LogP contribution in [0.3, 0.4) is 0 Å². The molecular weight excluding hydrogens is 334 g/mol. The summed E-state index contributed by atoms with van der Waals surface area (Å²) in [4.78, 5) is 24.9. The van der Waals surface area contributed by atoms with E-state index >= 15 is 0 Å². The third-order valence-electron chi connectivity index (χ3n) is 4.53. The Kier molecular flexibility index (Phi) is 4.87. The summed E-state index contributed by atoms with van der Waals surface area (Å²) in [5, 5.41) is 2.26. The van der Waals surface area contributed by atoms with Crippen LogP contribution in [0.15, 0.2) is 33.6 Å². The number of hydrogen-bond donors (Lipinski definition) is 1. The van der Waals surface area contributed by atoms with Crippen LogP contribution in [0.25, 0.3) is 0 Å². The molecular formula is C17H18F2N2O4. The predicted octanol–water partition coefficient (Wildman–Crippen LogP) is 2.80. The molecule has 2 heterocycles. The largest absolute Gasteiger partial charge is 0.453 e. The van der Waals surface area contributed by atoms with Crippen molar-refractivity contribution >= 4 is 6.09 Å². The molecule has 0 radical (unpaired) electrons. The van der Waals surface area contributed by atoms with E-state index in [-0.39, 0.29) is 17.5 Å². The summed E-state index contributed by atoms with van der Waals surface area (Å²) in [7, 11) is 1.30. The van der Waals surface area contributed by atoms with Gasteiger partial charge in [0.15, 0.2) is 11.6 Å². The highest BCUT2D eigenvalue weighted by molar-refractivity contribution is 5.68. The molecule has 8 heteroatoms. The SMILES string of the molecule is COC(=O)N1CC[C@H](c2cc(=O)[nH]o2)C[C@@H]1Cc1ccc(F)c(F)c1. The molecule has 1 aromatic carbocycles. The number of aromatic nitrogens is 1. The molecule has 1 N–H and O–H groups in total. The highest BCUT2D eigenvalue weighted by atomic mass is 19.2. The van der Waals surface area contributed by atoms with Crippen LogP contribution in [-0.2, 0) is 11.2 Å². The number of aromatic amines is 1. The number of methoxy groups -OCH3 is 1. The zero-order valence-electron chi connectivity index (χ0n) is 13.6. The summed E-state index contributed by atoms with van der Waals surface area (Å²) in [6.07, 6.45) is 1.01. The van der Waals surface area contributed by atoms with Gasteiger partial charge in [-0.15, -0.1) is 0 Å². The summed E-state index contributed by atoms with van der Waals surface area (Å²) in [6.45, 7) is 0.417. The average Bonchev–Trinajstić information content (AvgIpc) is 3.04. The van der Waals surface area contributed by atoms with Gasteiger partial charge in [-0.2, -0.15) is 5.16 Å². The van der Waals surface area contributed by atoms with Gasteiger partial charge in [0.25, 0.3) is 5.56 Å². The summed E-state index contributed by atoms with van der Waals surface area (Å²) in [5.41, 5.74) is 0.261. The van der Waals surface area contributed by atoms with Crippen molar-refractivity contribution in [1.29, 1.82) is 0 Å². The zero-order valence-corrected chi connectivity index (χ0v) is 13.6. The van der Waals surface area contributed by atoms with Crippen LogP contribution in [-0.4, -0.2) is 35.8 Å². The second kappa shape index (κ2) is 7.08. The van der Waals surface area contributed by atoms with E-state index in [0.717, 1.165) is 12.1 Å². The van der Waals surface area contributed by atoms with Crippen LogP contribution in [0.4, 0.5) is 13.6 Å². The quantitative estimate of drug-likeness (QED) is 0.922. The Hall–Kier alpha value is -2.64. The van der Waals surface area contributed by atoms with E-state index in [9.17, 15) is 18.4 Å². The van der Waals surface area contributed by atoms with Gasteiger partial charge in [-0.05, 0) is 37.0 Å². The lowest BCUT2D eigenvalue weighted by atomic mass is 9.86. The van der Waals surface area contributed by atoms with E-state index in [1.165, 1.54) is 19.2 Å². The van der Waals surface area contributed by atoms with Crippen LogP contribution in [0.5, 0.6) is 0 Å². The standard InChI is InChI=1S/C17H18F2N2O4/c1-24-17(23)21-5-4-11(15-9-16(22)20-25-15)8-12(21)6-10-2-3-13(18)14(19)7-10/h2-3,7,9,11-12H,4-6,8H2,1H3,(H,20,22)/t11-,12-/m0/s1. The van der Waals surface area contributed by atoms with E-state index in [0.29, 0.717) is 37.1 Å². The van der Waals surface area contributed by atoms with Crippen LogP contribution >= 0.6 is 0 Å². The third kappa shape index (κ3) is 3.72. The zero-order chi connectivity index (χ0) is 18.0. The van der Waals surface area contributed by atoms with Gasteiger partial charge >= 0.3 is 6.09 Å².